The number of hydrogen-bond donors (Lipinski definition) is 2. The third-order valence-corrected chi connectivity index (χ3v) is 4.77. The number of anilines is 2. The number of likely N-dealkylation sites (N-methyl/N-ethyl adjacent to an activating group) is 1. The Morgan fingerprint density at radius 2 is 2.00 bits per heavy atom. The number of benzene rings is 1. The topological polar surface area (TPSA) is 111 Å². The first-order chi connectivity index (χ1) is 14.8. The van der Waals surface area contributed by atoms with Crippen LogP contribution in [0.15, 0.2) is 30.6 Å². The zero-order valence-electron chi connectivity index (χ0n) is 17.1. The van der Waals surface area contributed by atoms with Crippen molar-refractivity contribution in [3.8, 4) is 17.3 Å². The smallest absolute Gasteiger partial charge is 0.244 e. The Kier molecular flexibility index (Phi) is 6.74. The van der Waals surface area contributed by atoms with Gasteiger partial charge in [-0.25, -0.2) is 13.8 Å². The van der Waals surface area contributed by atoms with E-state index in [1.54, 1.807) is 12.1 Å². The van der Waals surface area contributed by atoms with E-state index in [-0.39, 0.29) is 23.1 Å². The highest BCUT2D eigenvalue weighted by Gasteiger charge is 2.30. The summed E-state index contributed by atoms with van der Waals surface area (Å²) in [5.41, 5.74) is 1.48. The van der Waals surface area contributed by atoms with Crippen molar-refractivity contribution in [1.82, 2.24) is 14.9 Å². The van der Waals surface area contributed by atoms with E-state index in [4.69, 9.17) is 0 Å². The summed E-state index contributed by atoms with van der Waals surface area (Å²) in [6, 6.07) is 5.52. The zero-order chi connectivity index (χ0) is 22.5. The molecule has 2 aromatic rings. The third-order valence-electron chi connectivity index (χ3n) is 4.77. The van der Waals surface area contributed by atoms with E-state index in [0.717, 1.165) is 12.8 Å². The number of nitrogens with zero attached hydrogens (tertiary/aromatic N) is 4. The second kappa shape index (κ2) is 9.47. The molecule has 1 saturated carbocycles. The SMILES string of the molecule is CN(C)C(=O)C(CC(F)F)Nc1cc(-c2cnc(NC(=O)C3CC3)cn2)ccc1C#N. The van der Waals surface area contributed by atoms with Crippen LogP contribution in [0.1, 0.15) is 24.8 Å². The van der Waals surface area contributed by atoms with Crippen molar-refractivity contribution in [3.05, 3.63) is 36.2 Å². The van der Waals surface area contributed by atoms with Crippen LogP contribution in [0.3, 0.4) is 0 Å². The Labute approximate surface area is 178 Å². The van der Waals surface area contributed by atoms with Gasteiger partial charge >= 0.3 is 0 Å². The fraction of sp³-hybridized carbons (Fsp3) is 0.381. The lowest BCUT2D eigenvalue weighted by Gasteiger charge is -2.23. The molecule has 1 aliphatic rings. The van der Waals surface area contributed by atoms with Gasteiger partial charge in [-0.15, -0.1) is 0 Å². The van der Waals surface area contributed by atoms with Crippen LogP contribution in [-0.4, -0.2) is 53.2 Å². The van der Waals surface area contributed by atoms with Crippen LogP contribution in [0.2, 0.25) is 0 Å². The van der Waals surface area contributed by atoms with Crippen LogP contribution in [-0.2, 0) is 9.59 Å². The van der Waals surface area contributed by atoms with Crippen molar-refractivity contribution < 1.29 is 18.4 Å². The standard InChI is InChI=1S/C21H22F2N6O2/c1-29(2)21(31)16(8-18(22)23)27-15-7-13(5-6-14(15)9-24)17-10-26-19(11-25-17)28-20(30)12-3-4-12/h5-7,10-12,16,18,27H,3-4,8H2,1-2H3,(H,26,28,30). The van der Waals surface area contributed by atoms with E-state index in [9.17, 15) is 23.6 Å². The van der Waals surface area contributed by atoms with Crippen LogP contribution >= 0.6 is 0 Å². The van der Waals surface area contributed by atoms with Crippen LogP contribution in [0.25, 0.3) is 11.3 Å². The summed E-state index contributed by atoms with van der Waals surface area (Å²) >= 11 is 0. The minimum absolute atomic E-state index is 0.0414. The first-order valence-corrected chi connectivity index (χ1v) is 9.71. The van der Waals surface area contributed by atoms with Crippen molar-refractivity contribution in [2.45, 2.75) is 31.7 Å². The summed E-state index contributed by atoms with van der Waals surface area (Å²) in [6.07, 6.45) is 1.26. The Morgan fingerprint density at radius 3 is 2.55 bits per heavy atom. The highest BCUT2D eigenvalue weighted by atomic mass is 19.3. The van der Waals surface area contributed by atoms with Crippen molar-refractivity contribution in [2.75, 3.05) is 24.7 Å². The minimum Gasteiger partial charge on any atom is -0.372 e. The number of carbonyl (C=O) groups excluding carboxylic acids is 2. The molecule has 3 rings (SSSR count). The lowest BCUT2D eigenvalue weighted by Crippen LogP contribution is -2.40. The maximum atomic E-state index is 13.0. The largest absolute Gasteiger partial charge is 0.372 e. The van der Waals surface area contributed by atoms with Crippen LogP contribution < -0.4 is 10.6 Å². The van der Waals surface area contributed by atoms with Gasteiger partial charge in [0.05, 0.1) is 29.3 Å². The van der Waals surface area contributed by atoms with E-state index in [1.165, 1.54) is 37.5 Å². The molecule has 1 heterocycles. The lowest BCUT2D eigenvalue weighted by molar-refractivity contribution is -0.130. The normalized spacial score (nSPS) is 13.9. The first kappa shape index (κ1) is 22.1. The van der Waals surface area contributed by atoms with Crippen LogP contribution in [0, 0.1) is 17.2 Å². The molecule has 31 heavy (non-hydrogen) atoms. The van der Waals surface area contributed by atoms with E-state index >= 15 is 0 Å². The Morgan fingerprint density at radius 1 is 1.26 bits per heavy atom. The fourth-order valence-corrected chi connectivity index (χ4v) is 2.93. The summed E-state index contributed by atoms with van der Waals surface area (Å²) in [7, 11) is 2.95. The van der Waals surface area contributed by atoms with Crippen LogP contribution in [0.5, 0.6) is 0 Å². The molecule has 0 spiro atoms. The summed E-state index contributed by atoms with van der Waals surface area (Å²) in [5.74, 6) is -0.228. The first-order valence-electron chi connectivity index (χ1n) is 9.71. The molecule has 1 fully saturated rings. The predicted molar refractivity (Wildman–Crippen MR) is 110 cm³/mol. The molecule has 10 heteroatoms. The second-order valence-electron chi connectivity index (χ2n) is 7.48. The van der Waals surface area contributed by atoms with Gasteiger partial charge in [-0.2, -0.15) is 5.26 Å². The van der Waals surface area contributed by atoms with Gasteiger partial charge < -0.3 is 15.5 Å². The number of hydrogen-bond acceptors (Lipinski definition) is 6. The fourth-order valence-electron chi connectivity index (χ4n) is 2.93. The number of nitrogens with one attached hydrogen (secondary N) is 2. The molecule has 162 valence electrons. The van der Waals surface area contributed by atoms with E-state index in [2.05, 4.69) is 20.6 Å². The average molecular weight is 428 g/mol. The molecule has 1 aliphatic carbocycles. The second-order valence-corrected chi connectivity index (χ2v) is 7.48. The number of rotatable bonds is 8. The van der Waals surface area contributed by atoms with E-state index < -0.39 is 24.8 Å². The number of carbonyl (C=O) groups is 2. The molecule has 0 aliphatic heterocycles. The summed E-state index contributed by atoms with van der Waals surface area (Å²) in [6.45, 7) is 0. The molecule has 0 saturated heterocycles. The molecule has 1 aromatic heterocycles. The van der Waals surface area contributed by atoms with Gasteiger partial charge in [-0.3, -0.25) is 14.6 Å². The molecule has 1 atom stereocenters. The highest BCUT2D eigenvalue weighted by molar-refractivity contribution is 5.93. The molecular weight excluding hydrogens is 406 g/mol. The number of alkyl halides is 2. The average Bonchev–Trinajstić information content (AvgIpc) is 3.58. The van der Waals surface area contributed by atoms with Gasteiger partial charge in [0.15, 0.2) is 5.82 Å². The van der Waals surface area contributed by atoms with E-state index in [0.29, 0.717) is 17.1 Å². The third kappa shape index (κ3) is 5.72. The molecule has 1 aromatic carbocycles. The summed E-state index contributed by atoms with van der Waals surface area (Å²) < 4.78 is 26.0. The maximum Gasteiger partial charge on any atom is 0.244 e. The molecule has 2 N–H and O–H groups in total. The van der Waals surface area contributed by atoms with E-state index in [1.807, 2.05) is 6.07 Å². The van der Waals surface area contributed by atoms with Crippen molar-refractivity contribution >= 4 is 23.3 Å². The summed E-state index contributed by atoms with van der Waals surface area (Å²) in [5, 5.41) is 14.9. The molecular formula is C21H22F2N6O2. The predicted octanol–water partition coefficient (Wildman–Crippen LogP) is 2.89. The number of halogens is 2. The highest BCUT2D eigenvalue weighted by Crippen LogP contribution is 2.30. The molecule has 1 unspecified atom stereocenters. The lowest BCUT2D eigenvalue weighted by atomic mass is 10.1. The molecule has 2 amide bonds. The van der Waals surface area contributed by atoms with Crippen LogP contribution in [0.4, 0.5) is 20.3 Å². The Hall–Kier alpha value is -3.61. The van der Waals surface area contributed by atoms with Gasteiger partial charge in [-0.05, 0) is 25.0 Å². The van der Waals surface area contributed by atoms with Gasteiger partial charge in [0.25, 0.3) is 0 Å². The van der Waals surface area contributed by atoms with Gasteiger partial charge in [-0.1, -0.05) is 6.07 Å². The van der Waals surface area contributed by atoms with Gasteiger partial charge in [0.1, 0.15) is 12.1 Å². The number of aromatic nitrogens is 2. The van der Waals surface area contributed by atoms with Gasteiger partial charge in [0.2, 0.25) is 18.2 Å². The minimum atomic E-state index is -2.70. The van der Waals surface area contributed by atoms with Gasteiger partial charge in [0, 0.05) is 32.0 Å². The number of nitriles is 1. The molecule has 0 radical (unpaired) electrons. The Balaban J connectivity index is 1.83. The quantitative estimate of drug-likeness (QED) is 0.669. The van der Waals surface area contributed by atoms with Crippen molar-refractivity contribution in [1.29, 1.82) is 5.26 Å². The van der Waals surface area contributed by atoms with Crippen molar-refractivity contribution in [3.63, 3.8) is 0 Å². The monoisotopic (exact) mass is 428 g/mol. The molecule has 8 nitrogen and oxygen atoms in total. The maximum absolute atomic E-state index is 13.0. The van der Waals surface area contributed by atoms with Crippen molar-refractivity contribution in [2.24, 2.45) is 5.92 Å². The Bertz CT molecular complexity index is 1000. The summed E-state index contributed by atoms with van der Waals surface area (Å²) in [4.78, 5) is 33.8. The molecule has 0 bridgehead atoms. The zero-order valence-corrected chi connectivity index (χ0v) is 17.1. The number of amides is 2.